The lowest BCUT2D eigenvalue weighted by Gasteiger charge is -2.06. The van der Waals surface area contributed by atoms with Crippen LogP contribution in [0.5, 0.6) is 17.2 Å². The first kappa shape index (κ1) is 29.0. The Labute approximate surface area is 254 Å². The van der Waals surface area contributed by atoms with Gasteiger partial charge in [0.15, 0.2) is 11.5 Å². The fourth-order valence-electron chi connectivity index (χ4n) is 4.32. The summed E-state index contributed by atoms with van der Waals surface area (Å²) in [5.41, 5.74) is 7.61. The van der Waals surface area contributed by atoms with Gasteiger partial charge in [-0.2, -0.15) is 0 Å². The van der Waals surface area contributed by atoms with Gasteiger partial charge >= 0.3 is 0 Å². The molecule has 0 atom stereocenters. The maximum absolute atomic E-state index is 5.80. The van der Waals surface area contributed by atoms with Crippen LogP contribution in [0.2, 0.25) is 0 Å². The van der Waals surface area contributed by atoms with Crippen molar-refractivity contribution in [1.29, 1.82) is 0 Å². The minimum atomic E-state index is 0.305. The van der Waals surface area contributed by atoms with Crippen molar-refractivity contribution in [3.63, 3.8) is 0 Å². The van der Waals surface area contributed by atoms with Crippen LogP contribution in [-0.4, -0.2) is 6.79 Å². The smallest absolute Gasteiger partial charge is 0.231 e. The first-order valence-electron chi connectivity index (χ1n) is 14.2. The molecule has 5 aromatic carbocycles. The number of hydrogen-bond donors (Lipinski definition) is 0. The molecule has 0 spiro atoms. The lowest BCUT2D eigenvalue weighted by molar-refractivity contribution is 0.174. The van der Waals surface area contributed by atoms with Gasteiger partial charge in [-0.1, -0.05) is 147 Å². The van der Waals surface area contributed by atoms with Gasteiger partial charge in [0.1, 0.15) is 12.4 Å². The fourth-order valence-corrected chi connectivity index (χ4v) is 4.32. The van der Waals surface area contributed by atoms with Crippen LogP contribution < -0.4 is 14.2 Å². The van der Waals surface area contributed by atoms with E-state index in [0.717, 1.165) is 50.6 Å². The van der Waals surface area contributed by atoms with E-state index in [2.05, 4.69) is 55.6 Å². The quantitative estimate of drug-likeness (QED) is 0.167. The summed E-state index contributed by atoms with van der Waals surface area (Å²) in [6.45, 7) is 9.07. The van der Waals surface area contributed by atoms with E-state index in [-0.39, 0.29) is 0 Å². The molecular formula is C40H34O3. The lowest BCUT2D eigenvalue weighted by Crippen LogP contribution is -1.94. The molecule has 0 fully saturated rings. The average Bonchev–Trinajstić information content (AvgIpc) is 3.55. The second kappa shape index (κ2) is 14.9. The van der Waals surface area contributed by atoms with Crippen LogP contribution in [0.3, 0.4) is 0 Å². The molecule has 0 radical (unpaired) electrons. The topological polar surface area (TPSA) is 27.7 Å². The minimum Gasteiger partial charge on any atom is -0.489 e. The Balaban J connectivity index is 0.000000176. The molecule has 1 aliphatic heterocycles. The summed E-state index contributed by atoms with van der Waals surface area (Å²) in [5, 5.41) is 0. The second-order valence-corrected chi connectivity index (χ2v) is 9.91. The highest BCUT2D eigenvalue weighted by Gasteiger charge is 2.12. The first-order chi connectivity index (χ1) is 21.1. The van der Waals surface area contributed by atoms with Crippen LogP contribution >= 0.6 is 0 Å². The molecule has 0 saturated heterocycles. The second-order valence-electron chi connectivity index (χ2n) is 9.91. The molecule has 0 aromatic heterocycles. The van der Waals surface area contributed by atoms with Crippen LogP contribution in [0.25, 0.3) is 23.3 Å². The molecule has 212 valence electrons. The van der Waals surface area contributed by atoms with Gasteiger partial charge in [0, 0.05) is 0 Å². The van der Waals surface area contributed by atoms with Crippen molar-refractivity contribution in [2.24, 2.45) is 0 Å². The summed E-state index contributed by atoms with van der Waals surface area (Å²) in [6, 6.07) is 44.4. The number of fused-ring (bicyclic) bond motifs is 1. The zero-order valence-corrected chi connectivity index (χ0v) is 24.1. The highest BCUT2D eigenvalue weighted by molar-refractivity contribution is 5.78. The van der Waals surface area contributed by atoms with Crippen LogP contribution in [0.15, 0.2) is 159 Å². The summed E-state index contributed by atoms with van der Waals surface area (Å²) in [5.74, 6) is 2.48. The maximum atomic E-state index is 5.80. The van der Waals surface area contributed by atoms with Gasteiger partial charge in [-0.15, -0.1) is 0 Å². The highest BCUT2D eigenvalue weighted by Crippen LogP contribution is 2.33. The normalized spacial score (nSPS) is 11.6. The van der Waals surface area contributed by atoms with E-state index in [0.29, 0.717) is 13.4 Å². The Bertz CT molecular complexity index is 1680. The van der Waals surface area contributed by atoms with Crippen LogP contribution in [0, 0.1) is 0 Å². The Hall–Kier alpha value is -5.54. The van der Waals surface area contributed by atoms with E-state index < -0.39 is 0 Å². The van der Waals surface area contributed by atoms with Crippen molar-refractivity contribution in [3.8, 4) is 17.2 Å². The summed E-state index contributed by atoms with van der Waals surface area (Å²) in [7, 11) is 0. The average molecular weight is 563 g/mol. The van der Waals surface area contributed by atoms with Gasteiger partial charge < -0.3 is 14.2 Å². The predicted octanol–water partition coefficient (Wildman–Crippen LogP) is 10.1. The Morgan fingerprint density at radius 1 is 0.581 bits per heavy atom. The molecule has 0 bridgehead atoms. The molecule has 0 unspecified atom stereocenters. The zero-order chi connectivity index (χ0) is 29.7. The molecule has 1 heterocycles. The number of allylic oxidation sites excluding steroid dienone is 4. The third kappa shape index (κ3) is 8.72. The standard InChI is InChI=1S/C23H20O.C17H14O2/c1-19(22-10-6-3-7-11-22)12-13-20-14-16-23(17-15-20)24-18-21-8-4-2-5-9-21;1-13(15-5-3-2-4-6-15)7-8-14-9-10-16-17(11-14)19-12-18-16/h2-17H,1,18H2;2-11H,1,12H2/b13-12+;8-7+. The molecule has 6 rings (SSSR count). The van der Waals surface area contributed by atoms with Gasteiger partial charge in [0.25, 0.3) is 0 Å². The van der Waals surface area contributed by atoms with Crippen molar-refractivity contribution in [2.45, 2.75) is 6.61 Å². The van der Waals surface area contributed by atoms with E-state index >= 15 is 0 Å². The molecule has 0 amide bonds. The zero-order valence-electron chi connectivity index (χ0n) is 24.1. The SMILES string of the molecule is C=C(/C=C/c1ccc(OCc2ccccc2)cc1)c1ccccc1.C=C(/C=C/c1ccc2c(c1)OCO2)c1ccccc1. The molecule has 43 heavy (non-hydrogen) atoms. The van der Waals surface area contributed by atoms with Crippen molar-refractivity contribution < 1.29 is 14.2 Å². The third-order valence-electron chi connectivity index (χ3n) is 6.77. The third-order valence-corrected chi connectivity index (χ3v) is 6.77. The van der Waals surface area contributed by atoms with E-state index in [1.54, 1.807) is 0 Å². The Kier molecular flexibility index (Phi) is 10.0. The predicted molar refractivity (Wildman–Crippen MR) is 179 cm³/mol. The van der Waals surface area contributed by atoms with Crippen LogP contribution in [-0.2, 0) is 6.61 Å². The first-order valence-corrected chi connectivity index (χ1v) is 14.2. The lowest BCUT2D eigenvalue weighted by atomic mass is 10.1. The summed E-state index contributed by atoms with van der Waals surface area (Å²) in [4.78, 5) is 0. The van der Waals surface area contributed by atoms with Crippen molar-refractivity contribution >= 4 is 23.3 Å². The number of rotatable bonds is 9. The maximum Gasteiger partial charge on any atom is 0.231 e. The molecule has 0 N–H and O–H groups in total. The fraction of sp³-hybridized carbons (Fsp3) is 0.0500. The molecule has 3 heteroatoms. The van der Waals surface area contributed by atoms with E-state index in [9.17, 15) is 0 Å². The van der Waals surface area contributed by atoms with Gasteiger partial charge in [0.2, 0.25) is 6.79 Å². The number of hydrogen-bond acceptors (Lipinski definition) is 3. The molecule has 0 saturated carbocycles. The summed E-state index contributed by atoms with van der Waals surface area (Å²) < 4.78 is 16.4. The van der Waals surface area contributed by atoms with Crippen molar-refractivity contribution in [1.82, 2.24) is 0 Å². The molecule has 5 aromatic rings. The van der Waals surface area contributed by atoms with E-state index in [1.165, 1.54) is 5.56 Å². The minimum absolute atomic E-state index is 0.305. The monoisotopic (exact) mass is 562 g/mol. The van der Waals surface area contributed by atoms with Gasteiger partial charge in [-0.3, -0.25) is 0 Å². The molecule has 0 aliphatic carbocycles. The summed E-state index contributed by atoms with van der Waals surface area (Å²) in [6.07, 6.45) is 8.13. The Morgan fingerprint density at radius 2 is 1.09 bits per heavy atom. The van der Waals surface area contributed by atoms with Gasteiger partial charge in [-0.25, -0.2) is 0 Å². The number of benzene rings is 5. The van der Waals surface area contributed by atoms with Crippen molar-refractivity contribution in [2.75, 3.05) is 6.79 Å². The van der Waals surface area contributed by atoms with Crippen LogP contribution in [0.4, 0.5) is 0 Å². The molecular weight excluding hydrogens is 528 g/mol. The molecule has 3 nitrogen and oxygen atoms in total. The number of ether oxygens (including phenoxy) is 3. The molecule has 1 aliphatic rings. The van der Waals surface area contributed by atoms with Crippen LogP contribution in [0.1, 0.15) is 27.8 Å². The van der Waals surface area contributed by atoms with Gasteiger partial charge in [0.05, 0.1) is 0 Å². The van der Waals surface area contributed by atoms with E-state index in [1.807, 2.05) is 115 Å². The Morgan fingerprint density at radius 3 is 1.70 bits per heavy atom. The van der Waals surface area contributed by atoms with E-state index in [4.69, 9.17) is 14.2 Å². The highest BCUT2D eigenvalue weighted by atomic mass is 16.7. The largest absolute Gasteiger partial charge is 0.489 e. The van der Waals surface area contributed by atoms with Gasteiger partial charge in [-0.05, 0) is 63.2 Å². The summed E-state index contributed by atoms with van der Waals surface area (Å²) >= 11 is 0. The van der Waals surface area contributed by atoms with Crippen molar-refractivity contribution in [3.05, 3.63) is 187 Å².